The van der Waals surface area contributed by atoms with Gasteiger partial charge in [-0.05, 0) is 60.2 Å². The molecule has 0 radical (unpaired) electrons. The monoisotopic (exact) mass is 681 g/mol. The van der Waals surface area contributed by atoms with Crippen LogP contribution in [0.2, 0.25) is 0 Å². The third-order valence-corrected chi connectivity index (χ3v) is 9.30. The van der Waals surface area contributed by atoms with Gasteiger partial charge in [0.15, 0.2) is 21.5 Å². The van der Waals surface area contributed by atoms with E-state index in [9.17, 15) is 19.7 Å². The van der Waals surface area contributed by atoms with Crippen LogP contribution in [0.4, 0.5) is 5.69 Å². The predicted octanol–water partition coefficient (Wildman–Crippen LogP) is 4.80. The van der Waals surface area contributed by atoms with E-state index in [1.54, 1.807) is 55.7 Å². The number of carbonyl (C=O) groups excluding carboxylic acids is 1. The summed E-state index contributed by atoms with van der Waals surface area (Å²) in [5.41, 5.74) is 1.56. The van der Waals surface area contributed by atoms with Crippen molar-refractivity contribution in [3.63, 3.8) is 0 Å². The molecule has 0 unspecified atom stereocenters. The van der Waals surface area contributed by atoms with Crippen LogP contribution in [0, 0.1) is 10.1 Å². The van der Waals surface area contributed by atoms with Crippen molar-refractivity contribution in [2.75, 3.05) is 20.8 Å². The van der Waals surface area contributed by atoms with E-state index in [-0.39, 0.29) is 22.4 Å². The third-order valence-electron chi connectivity index (χ3n) is 7.33. The number of nitrogens with zero attached hydrogens (tertiary/aromatic N) is 5. The van der Waals surface area contributed by atoms with Gasteiger partial charge in [0.25, 0.3) is 11.2 Å². The minimum atomic E-state index is -0.964. The summed E-state index contributed by atoms with van der Waals surface area (Å²) in [6.45, 7) is 1.81. The Balaban J connectivity index is 1.63. The SMILES string of the molecule is CCOC(=O)C1=C(c2ccccc2)N=c2s/c(=C/c3cc([N+](=O)[O-])ccc3Sc3ncccn3)c(=O)n2[C@@H]1c1ccc(OC)c(OC)c1. The van der Waals surface area contributed by atoms with Crippen molar-refractivity contribution < 1.29 is 23.9 Å². The van der Waals surface area contributed by atoms with Gasteiger partial charge >= 0.3 is 5.97 Å². The van der Waals surface area contributed by atoms with Crippen molar-refractivity contribution in [1.82, 2.24) is 14.5 Å². The Kier molecular flexibility index (Phi) is 9.45. The van der Waals surface area contributed by atoms with Crippen molar-refractivity contribution in [1.29, 1.82) is 0 Å². The number of esters is 1. The first-order chi connectivity index (χ1) is 23.3. The molecule has 1 aliphatic rings. The van der Waals surface area contributed by atoms with Gasteiger partial charge in [0.2, 0.25) is 0 Å². The molecule has 0 N–H and O–H groups in total. The first kappa shape index (κ1) is 32.3. The molecule has 3 heterocycles. The maximum atomic E-state index is 14.4. The van der Waals surface area contributed by atoms with Gasteiger partial charge in [0, 0.05) is 35.0 Å². The van der Waals surface area contributed by atoms with Crippen LogP contribution >= 0.6 is 23.1 Å². The van der Waals surface area contributed by atoms with Crippen molar-refractivity contribution >= 4 is 46.5 Å². The van der Waals surface area contributed by atoms with Crippen LogP contribution in [0.3, 0.4) is 0 Å². The normalized spacial score (nSPS) is 14.2. The van der Waals surface area contributed by atoms with Gasteiger partial charge in [-0.25, -0.2) is 19.8 Å². The largest absolute Gasteiger partial charge is 0.493 e. The second-order valence-electron chi connectivity index (χ2n) is 10.2. The van der Waals surface area contributed by atoms with Crippen molar-refractivity contribution in [2.45, 2.75) is 23.0 Å². The van der Waals surface area contributed by atoms with Gasteiger partial charge in [-0.15, -0.1) is 0 Å². The maximum absolute atomic E-state index is 14.4. The lowest BCUT2D eigenvalue weighted by molar-refractivity contribution is -0.384. The Morgan fingerprint density at radius 2 is 1.77 bits per heavy atom. The first-order valence-electron chi connectivity index (χ1n) is 14.6. The summed E-state index contributed by atoms with van der Waals surface area (Å²) in [5, 5.41) is 12.2. The van der Waals surface area contributed by atoms with Gasteiger partial charge in [-0.2, -0.15) is 0 Å². The number of nitro benzene ring substituents is 1. The zero-order chi connectivity index (χ0) is 33.8. The Morgan fingerprint density at radius 3 is 2.46 bits per heavy atom. The molecule has 0 spiro atoms. The molecule has 5 aromatic rings. The van der Waals surface area contributed by atoms with Gasteiger partial charge < -0.3 is 14.2 Å². The molecule has 242 valence electrons. The average molecular weight is 682 g/mol. The fraction of sp³-hybridized carbons (Fsp3) is 0.147. The van der Waals surface area contributed by atoms with E-state index in [0.29, 0.717) is 48.7 Å². The third kappa shape index (κ3) is 6.35. The van der Waals surface area contributed by atoms with Crippen LogP contribution in [0.5, 0.6) is 11.5 Å². The van der Waals surface area contributed by atoms with E-state index in [1.807, 2.05) is 30.3 Å². The molecule has 1 aliphatic heterocycles. The highest BCUT2D eigenvalue weighted by molar-refractivity contribution is 7.99. The van der Waals surface area contributed by atoms with E-state index >= 15 is 0 Å². The van der Waals surface area contributed by atoms with Gasteiger partial charge in [-0.3, -0.25) is 19.5 Å². The molecule has 0 aliphatic carbocycles. The number of benzene rings is 3. The van der Waals surface area contributed by atoms with Gasteiger partial charge in [-0.1, -0.05) is 47.7 Å². The molecule has 6 rings (SSSR count). The molecule has 3 aromatic carbocycles. The van der Waals surface area contributed by atoms with Crippen molar-refractivity contribution in [3.8, 4) is 11.5 Å². The van der Waals surface area contributed by atoms with E-state index < -0.39 is 22.5 Å². The van der Waals surface area contributed by atoms with Gasteiger partial charge in [0.1, 0.15) is 0 Å². The number of hydrogen-bond donors (Lipinski definition) is 0. The zero-order valence-electron chi connectivity index (χ0n) is 25.9. The summed E-state index contributed by atoms with van der Waals surface area (Å²) >= 11 is 2.31. The number of methoxy groups -OCH3 is 2. The van der Waals surface area contributed by atoms with Crippen LogP contribution in [-0.4, -0.2) is 46.3 Å². The average Bonchev–Trinajstić information content (AvgIpc) is 3.42. The summed E-state index contributed by atoms with van der Waals surface area (Å²) in [7, 11) is 3.02. The number of nitro groups is 1. The predicted molar refractivity (Wildman–Crippen MR) is 180 cm³/mol. The van der Waals surface area contributed by atoms with E-state index in [0.717, 1.165) is 11.3 Å². The first-order valence-corrected chi connectivity index (χ1v) is 16.2. The molecular weight excluding hydrogens is 655 g/mol. The highest BCUT2D eigenvalue weighted by atomic mass is 32.2. The molecule has 0 saturated carbocycles. The number of hydrogen-bond acceptors (Lipinski definition) is 12. The molecule has 14 heteroatoms. The smallest absolute Gasteiger partial charge is 0.338 e. The Bertz CT molecular complexity index is 2240. The summed E-state index contributed by atoms with van der Waals surface area (Å²) < 4.78 is 18.3. The fourth-order valence-electron chi connectivity index (χ4n) is 5.21. The molecule has 0 amide bonds. The van der Waals surface area contributed by atoms with Crippen LogP contribution in [0.1, 0.15) is 29.7 Å². The Hall–Kier alpha value is -5.60. The highest BCUT2D eigenvalue weighted by Gasteiger charge is 2.35. The van der Waals surface area contributed by atoms with E-state index in [2.05, 4.69) is 9.97 Å². The van der Waals surface area contributed by atoms with Crippen molar-refractivity contribution in [2.24, 2.45) is 4.99 Å². The number of fused-ring (bicyclic) bond motifs is 1. The number of rotatable bonds is 10. The zero-order valence-corrected chi connectivity index (χ0v) is 27.5. The standard InChI is InChI=1S/C34H27N5O7S2/c1-4-46-32(41)28-29(20-9-6-5-7-10-20)37-34-38(30(28)21-11-13-24(44-2)25(18-21)45-3)31(40)27(48-34)19-22-17-23(39(42)43)12-14-26(22)47-33-35-15-8-16-36-33/h5-19,30H,4H2,1-3H3/b27-19+/t30-/m1/s1. The van der Waals surface area contributed by atoms with E-state index in [4.69, 9.17) is 19.2 Å². The molecule has 1 atom stereocenters. The molecule has 0 fully saturated rings. The Morgan fingerprint density at radius 1 is 1.02 bits per heavy atom. The van der Waals surface area contributed by atoms with Crippen molar-refractivity contribution in [3.05, 3.63) is 137 Å². The second kappa shape index (κ2) is 14.0. The minimum absolute atomic E-state index is 0.103. The Labute approximate surface area is 281 Å². The number of ether oxygens (including phenoxy) is 3. The molecule has 48 heavy (non-hydrogen) atoms. The minimum Gasteiger partial charge on any atom is -0.493 e. The molecule has 0 bridgehead atoms. The second-order valence-corrected chi connectivity index (χ2v) is 12.2. The highest BCUT2D eigenvalue weighted by Crippen LogP contribution is 2.38. The molecule has 2 aromatic heterocycles. The fourth-order valence-corrected chi connectivity index (χ4v) is 7.00. The number of non-ortho nitro benzene ring substituents is 1. The molecule has 12 nitrogen and oxygen atoms in total. The summed E-state index contributed by atoms with van der Waals surface area (Å²) in [6, 6.07) is 19.5. The van der Waals surface area contributed by atoms with Crippen LogP contribution < -0.4 is 24.4 Å². The summed E-state index contributed by atoms with van der Waals surface area (Å²) in [5.74, 6) is 0.242. The van der Waals surface area contributed by atoms with Crippen LogP contribution in [-0.2, 0) is 9.53 Å². The van der Waals surface area contributed by atoms with Crippen LogP contribution in [0.25, 0.3) is 11.8 Å². The number of carbonyl (C=O) groups is 1. The topological polar surface area (TPSA) is 148 Å². The number of aromatic nitrogens is 3. The van der Waals surface area contributed by atoms with Crippen LogP contribution in [0.15, 0.2) is 111 Å². The lowest BCUT2D eigenvalue weighted by Crippen LogP contribution is -2.40. The quantitative estimate of drug-likeness (QED) is 0.0871. The maximum Gasteiger partial charge on any atom is 0.338 e. The molecule has 0 saturated heterocycles. The lowest BCUT2D eigenvalue weighted by Gasteiger charge is -2.26. The summed E-state index contributed by atoms with van der Waals surface area (Å²) in [4.78, 5) is 53.7. The summed E-state index contributed by atoms with van der Waals surface area (Å²) in [6.07, 6.45) is 4.78. The number of thiazole rings is 1. The van der Waals surface area contributed by atoms with Gasteiger partial charge in [0.05, 0.1) is 47.6 Å². The molecular formula is C34H27N5O7S2. The lowest BCUT2D eigenvalue weighted by atomic mass is 9.93. The van der Waals surface area contributed by atoms with E-state index in [1.165, 1.54) is 42.7 Å².